The van der Waals surface area contributed by atoms with E-state index >= 15 is 0 Å². The third-order valence-corrected chi connectivity index (χ3v) is 6.13. The van der Waals surface area contributed by atoms with Gasteiger partial charge in [-0.3, -0.25) is 4.79 Å². The number of benzene rings is 1. The van der Waals surface area contributed by atoms with Gasteiger partial charge in [0.1, 0.15) is 5.75 Å². The standard InChI is InChI=1S/C22H29N3O3/c1-27-19-10-4-8-17(14-19)21-23-22(28-24-21)18-9-5-13-25(15-18)20(26)12-11-16-6-2-3-7-16/h4,8,10,14,16,18H,2-3,5-7,9,11-13,15H2,1H3. The highest BCUT2D eigenvalue weighted by molar-refractivity contribution is 5.76. The van der Waals surface area contributed by atoms with Crippen LogP contribution in [0.3, 0.4) is 0 Å². The molecule has 2 fully saturated rings. The lowest BCUT2D eigenvalue weighted by atomic mass is 9.96. The number of ether oxygens (including phenoxy) is 1. The van der Waals surface area contributed by atoms with Gasteiger partial charge >= 0.3 is 0 Å². The number of aromatic nitrogens is 2. The quantitative estimate of drug-likeness (QED) is 0.738. The van der Waals surface area contributed by atoms with Crippen molar-refractivity contribution in [2.24, 2.45) is 5.92 Å². The highest BCUT2D eigenvalue weighted by Crippen LogP contribution is 2.31. The van der Waals surface area contributed by atoms with Gasteiger partial charge in [0.15, 0.2) is 0 Å². The molecule has 0 radical (unpaired) electrons. The van der Waals surface area contributed by atoms with Crippen molar-refractivity contribution in [3.05, 3.63) is 30.2 Å². The Kier molecular flexibility index (Phi) is 5.93. The number of nitrogens with zero attached hydrogens (tertiary/aromatic N) is 3. The van der Waals surface area contributed by atoms with E-state index < -0.39 is 0 Å². The Labute approximate surface area is 166 Å². The Morgan fingerprint density at radius 3 is 2.93 bits per heavy atom. The van der Waals surface area contributed by atoms with Gasteiger partial charge < -0.3 is 14.2 Å². The molecule has 1 aromatic heterocycles. The summed E-state index contributed by atoms with van der Waals surface area (Å²) in [6.07, 6.45) is 8.93. The molecule has 2 heterocycles. The van der Waals surface area contributed by atoms with Crippen LogP contribution in [0.25, 0.3) is 11.4 Å². The Balaban J connectivity index is 1.37. The van der Waals surface area contributed by atoms with E-state index in [0.29, 0.717) is 24.7 Å². The van der Waals surface area contributed by atoms with E-state index in [-0.39, 0.29) is 11.8 Å². The first kappa shape index (κ1) is 19.0. The van der Waals surface area contributed by atoms with E-state index in [9.17, 15) is 4.79 Å². The van der Waals surface area contributed by atoms with Crippen LogP contribution in [-0.2, 0) is 4.79 Å². The fraction of sp³-hybridized carbons (Fsp3) is 0.591. The van der Waals surface area contributed by atoms with Crippen molar-refractivity contribution in [1.29, 1.82) is 0 Å². The fourth-order valence-electron chi connectivity index (χ4n) is 4.47. The van der Waals surface area contributed by atoms with E-state index in [1.807, 2.05) is 29.2 Å². The van der Waals surface area contributed by atoms with Gasteiger partial charge in [0.2, 0.25) is 17.6 Å². The predicted octanol–water partition coefficient (Wildman–Crippen LogP) is 4.42. The van der Waals surface area contributed by atoms with Crippen molar-refractivity contribution in [3.63, 3.8) is 0 Å². The molecule has 150 valence electrons. The van der Waals surface area contributed by atoms with Crippen LogP contribution in [0.4, 0.5) is 0 Å². The summed E-state index contributed by atoms with van der Waals surface area (Å²) in [6, 6.07) is 7.64. The molecule has 1 aliphatic carbocycles. The number of amides is 1. The topological polar surface area (TPSA) is 68.5 Å². The van der Waals surface area contributed by atoms with Gasteiger partial charge in [-0.05, 0) is 37.3 Å². The van der Waals surface area contributed by atoms with Gasteiger partial charge in [-0.15, -0.1) is 0 Å². The van der Waals surface area contributed by atoms with Gasteiger partial charge in [0.25, 0.3) is 0 Å². The van der Waals surface area contributed by atoms with E-state index in [0.717, 1.165) is 43.0 Å². The normalized spacial score (nSPS) is 20.5. The van der Waals surface area contributed by atoms with Crippen molar-refractivity contribution >= 4 is 5.91 Å². The second-order valence-electron chi connectivity index (χ2n) is 8.06. The lowest BCUT2D eigenvalue weighted by Crippen LogP contribution is -2.39. The molecule has 1 amide bonds. The van der Waals surface area contributed by atoms with Crippen molar-refractivity contribution < 1.29 is 14.1 Å². The Morgan fingerprint density at radius 2 is 2.11 bits per heavy atom. The van der Waals surface area contributed by atoms with Crippen molar-refractivity contribution in [2.45, 2.75) is 57.3 Å². The third kappa shape index (κ3) is 4.37. The Morgan fingerprint density at radius 1 is 1.25 bits per heavy atom. The number of hydrogen-bond acceptors (Lipinski definition) is 5. The average molecular weight is 383 g/mol. The average Bonchev–Trinajstić information content (AvgIpc) is 3.44. The molecule has 1 aliphatic heterocycles. The van der Waals surface area contributed by atoms with E-state index in [2.05, 4.69) is 10.1 Å². The van der Waals surface area contributed by atoms with Gasteiger partial charge in [-0.25, -0.2) is 0 Å². The van der Waals surface area contributed by atoms with Crippen LogP contribution in [0.15, 0.2) is 28.8 Å². The molecule has 2 aromatic rings. The summed E-state index contributed by atoms with van der Waals surface area (Å²) in [5, 5.41) is 4.15. The molecule has 0 N–H and O–H groups in total. The van der Waals surface area contributed by atoms with E-state index in [1.165, 1.54) is 25.7 Å². The van der Waals surface area contributed by atoms with Crippen LogP contribution in [-0.4, -0.2) is 41.1 Å². The van der Waals surface area contributed by atoms with Crippen molar-refractivity contribution in [3.8, 4) is 17.1 Å². The molecule has 0 bridgehead atoms. The number of carbonyl (C=O) groups is 1. The third-order valence-electron chi connectivity index (χ3n) is 6.13. The molecule has 1 atom stereocenters. The van der Waals surface area contributed by atoms with Gasteiger partial charge in [-0.1, -0.05) is 43.0 Å². The van der Waals surface area contributed by atoms with Crippen LogP contribution in [0.1, 0.15) is 63.2 Å². The molecule has 4 rings (SSSR count). The summed E-state index contributed by atoms with van der Waals surface area (Å²) in [4.78, 5) is 19.3. The minimum atomic E-state index is 0.121. The molecule has 6 heteroatoms. The molecule has 1 unspecified atom stereocenters. The van der Waals surface area contributed by atoms with E-state index in [4.69, 9.17) is 9.26 Å². The van der Waals surface area contributed by atoms with Gasteiger partial charge in [0.05, 0.1) is 13.0 Å². The lowest BCUT2D eigenvalue weighted by Gasteiger charge is -2.31. The summed E-state index contributed by atoms with van der Waals surface area (Å²) in [7, 11) is 1.64. The van der Waals surface area contributed by atoms with Crippen molar-refractivity contribution in [1.82, 2.24) is 15.0 Å². The number of methoxy groups -OCH3 is 1. The number of carbonyl (C=O) groups excluding carboxylic acids is 1. The molecule has 1 saturated carbocycles. The largest absolute Gasteiger partial charge is 0.497 e. The maximum Gasteiger partial charge on any atom is 0.231 e. The zero-order valence-electron chi connectivity index (χ0n) is 16.6. The maximum atomic E-state index is 12.7. The number of piperidine rings is 1. The van der Waals surface area contributed by atoms with Crippen LogP contribution in [0.2, 0.25) is 0 Å². The molecular formula is C22H29N3O3. The lowest BCUT2D eigenvalue weighted by molar-refractivity contribution is -0.132. The predicted molar refractivity (Wildman–Crippen MR) is 106 cm³/mol. The minimum absolute atomic E-state index is 0.121. The van der Waals surface area contributed by atoms with Gasteiger partial charge in [0, 0.05) is 25.1 Å². The first-order chi connectivity index (χ1) is 13.7. The molecule has 6 nitrogen and oxygen atoms in total. The summed E-state index contributed by atoms with van der Waals surface area (Å²) in [5.41, 5.74) is 0.870. The van der Waals surface area contributed by atoms with Gasteiger partial charge in [-0.2, -0.15) is 4.98 Å². The number of likely N-dealkylation sites (tertiary alicyclic amines) is 1. The highest BCUT2D eigenvalue weighted by atomic mass is 16.5. The van der Waals surface area contributed by atoms with Crippen LogP contribution < -0.4 is 4.74 Å². The molecule has 1 aromatic carbocycles. The van der Waals surface area contributed by atoms with Crippen LogP contribution in [0, 0.1) is 5.92 Å². The molecule has 2 aliphatic rings. The first-order valence-corrected chi connectivity index (χ1v) is 10.5. The SMILES string of the molecule is COc1cccc(-c2noc(C3CCCN(C(=O)CCC4CCCC4)C3)n2)c1. The fourth-order valence-corrected chi connectivity index (χ4v) is 4.47. The van der Waals surface area contributed by atoms with E-state index in [1.54, 1.807) is 7.11 Å². The summed E-state index contributed by atoms with van der Waals surface area (Å²) in [6.45, 7) is 1.53. The first-order valence-electron chi connectivity index (χ1n) is 10.5. The molecule has 1 saturated heterocycles. The second-order valence-corrected chi connectivity index (χ2v) is 8.06. The molecule has 0 spiro atoms. The number of hydrogen-bond donors (Lipinski definition) is 0. The summed E-state index contributed by atoms with van der Waals surface area (Å²) >= 11 is 0. The van der Waals surface area contributed by atoms with Crippen LogP contribution in [0.5, 0.6) is 5.75 Å². The maximum absolute atomic E-state index is 12.7. The molecule has 28 heavy (non-hydrogen) atoms. The number of rotatable bonds is 6. The minimum Gasteiger partial charge on any atom is -0.497 e. The van der Waals surface area contributed by atoms with Crippen molar-refractivity contribution in [2.75, 3.05) is 20.2 Å². The zero-order chi connectivity index (χ0) is 19.3. The zero-order valence-corrected chi connectivity index (χ0v) is 16.6. The Bertz CT molecular complexity index is 798. The Hall–Kier alpha value is -2.37. The summed E-state index contributed by atoms with van der Waals surface area (Å²) in [5.74, 6) is 3.12. The second kappa shape index (κ2) is 8.76. The summed E-state index contributed by atoms with van der Waals surface area (Å²) < 4.78 is 10.8. The highest BCUT2D eigenvalue weighted by Gasteiger charge is 2.29. The monoisotopic (exact) mass is 383 g/mol. The smallest absolute Gasteiger partial charge is 0.231 e. The molecular weight excluding hydrogens is 354 g/mol. The van der Waals surface area contributed by atoms with Crippen LogP contribution >= 0.6 is 0 Å².